The number of carbonyl (C=O) groups is 1. The zero-order valence-corrected chi connectivity index (χ0v) is 16.6. The van der Waals surface area contributed by atoms with E-state index in [1.807, 2.05) is 19.9 Å². The molecule has 0 atom stereocenters. The first-order valence-electron chi connectivity index (χ1n) is 8.21. The first-order chi connectivity index (χ1) is 12.7. The minimum atomic E-state index is -3.62. The average molecular weight is 389 g/mol. The number of hydrogen-bond donors (Lipinski definition) is 1. The van der Waals surface area contributed by atoms with Gasteiger partial charge in [-0.1, -0.05) is 18.2 Å². The van der Waals surface area contributed by atoms with Gasteiger partial charge in [-0.3, -0.25) is 9.10 Å². The maximum absolute atomic E-state index is 12.2. The predicted molar refractivity (Wildman–Crippen MR) is 107 cm³/mol. The van der Waals surface area contributed by atoms with Crippen molar-refractivity contribution in [3.05, 3.63) is 59.2 Å². The van der Waals surface area contributed by atoms with E-state index in [2.05, 4.69) is 10.5 Å². The molecule has 0 aliphatic heterocycles. The number of aryl methyl sites for hydroxylation is 2. The highest BCUT2D eigenvalue weighted by Gasteiger charge is 2.21. The van der Waals surface area contributed by atoms with Gasteiger partial charge in [0.05, 0.1) is 25.3 Å². The molecule has 0 fully saturated rings. The smallest absolute Gasteiger partial charge is 0.260 e. The number of carbonyl (C=O) groups excluding carboxylic acids is 1. The summed E-state index contributed by atoms with van der Waals surface area (Å²) >= 11 is 0. The summed E-state index contributed by atoms with van der Waals surface area (Å²) in [6.07, 6.45) is 2.52. The molecule has 0 spiro atoms. The molecule has 0 aliphatic rings. The third kappa shape index (κ3) is 5.82. The second kappa shape index (κ2) is 8.68. The molecule has 1 amide bonds. The number of anilines is 1. The largest absolute Gasteiger partial charge is 0.497 e. The van der Waals surface area contributed by atoms with Gasteiger partial charge in [0.25, 0.3) is 5.91 Å². The SMILES string of the molecule is COc1cccc(C=NNC(=O)CN(c2ccc(C)c(C)c2)S(C)(=O)=O)c1. The zero-order chi connectivity index (χ0) is 20.0. The van der Waals surface area contributed by atoms with Crippen LogP contribution in [-0.4, -0.2) is 40.4 Å². The van der Waals surface area contributed by atoms with Gasteiger partial charge in [0.15, 0.2) is 0 Å². The number of ether oxygens (including phenoxy) is 1. The monoisotopic (exact) mass is 389 g/mol. The Morgan fingerprint density at radius 1 is 1.19 bits per heavy atom. The van der Waals surface area contributed by atoms with Gasteiger partial charge in [0.2, 0.25) is 10.0 Å². The van der Waals surface area contributed by atoms with E-state index in [4.69, 9.17) is 4.74 Å². The van der Waals surface area contributed by atoms with Crippen LogP contribution in [0.3, 0.4) is 0 Å². The van der Waals surface area contributed by atoms with Crippen LogP contribution in [-0.2, 0) is 14.8 Å². The molecular formula is C19H23N3O4S. The first kappa shape index (κ1) is 20.4. The summed E-state index contributed by atoms with van der Waals surface area (Å²) in [6.45, 7) is 3.46. The fourth-order valence-corrected chi connectivity index (χ4v) is 3.20. The molecular weight excluding hydrogens is 366 g/mol. The van der Waals surface area contributed by atoms with Crippen molar-refractivity contribution < 1.29 is 17.9 Å². The van der Waals surface area contributed by atoms with Gasteiger partial charge in [-0.25, -0.2) is 13.8 Å². The van der Waals surface area contributed by atoms with Gasteiger partial charge >= 0.3 is 0 Å². The standard InChI is InChI=1S/C19H23N3O4S/c1-14-8-9-17(10-15(14)2)22(27(4,24)25)13-19(23)21-20-12-16-6-5-7-18(11-16)26-3/h5-12H,13H2,1-4H3,(H,21,23). The lowest BCUT2D eigenvalue weighted by atomic mass is 10.1. The number of hydrazone groups is 1. The second-order valence-corrected chi connectivity index (χ2v) is 8.01. The first-order valence-corrected chi connectivity index (χ1v) is 10.1. The van der Waals surface area contributed by atoms with Crippen molar-refractivity contribution in [1.29, 1.82) is 0 Å². The lowest BCUT2D eigenvalue weighted by molar-refractivity contribution is -0.119. The number of nitrogens with zero attached hydrogens (tertiary/aromatic N) is 2. The number of nitrogens with one attached hydrogen (secondary N) is 1. The number of sulfonamides is 1. The van der Waals surface area contributed by atoms with Crippen LogP contribution in [0.4, 0.5) is 5.69 Å². The normalized spacial score (nSPS) is 11.4. The fourth-order valence-electron chi connectivity index (χ4n) is 2.35. The highest BCUT2D eigenvalue weighted by molar-refractivity contribution is 7.92. The summed E-state index contributed by atoms with van der Waals surface area (Å²) in [5, 5.41) is 3.88. The molecule has 144 valence electrons. The Labute approximate surface area is 159 Å². The molecule has 0 radical (unpaired) electrons. The molecule has 2 aromatic carbocycles. The van der Waals surface area contributed by atoms with Crippen LogP contribution in [0.1, 0.15) is 16.7 Å². The number of amides is 1. The van der Waals surface area contributed by atoms with Gasteiger partial charge < -0.3 is 4.74 Å². The van der Waals surface area contributed by atoms with Crippen LogP contribution < -0.4 is 14.5 Å². The Hall–Kier alpha value is -2.87. The van der Waals surface area contributed by atoms with E-state index in [-0.39, 0.29) is 6.54 Å². The molecule has 0 bridgehead atoms. The summed E-state index contributed by atoms with van der Waals surface area (Å²) in [7, 11) is -2.06. The highest BCUT2D eigenvalue weighted by atomic mass is 32.2. The molecule has 0 aliphatic carbocycles. The van der Waals surface area contributed by atoms with Crippen molar-refractivity contribution in [3.8, 4) is 5.75 Å². The highest BCUT2D eigenvalue weighted by Crippen LogP contribution is 2.21. The Kier molecular flexibility index (Phi) is 6.57. The topological polar surface area (TPSA) is 88.1 Å². The van der Waals surface area contributed by atoms with Crippen molar-refractivity contribution in [1.82, 2.24) is 5.43 Å². The lowest BCUT2D eigenvalue weighted by Crippen LogP contribution is -2.39. The number of hydrogen-bond acceptors (Lipinski definition) is 5. The van der Waals surface area contributed by atoms with Gasteiger partial charge in [-0.15, -0.1) is 0 Å². The van der Waals surface area contributed by atoms with Crippen LogP contribution in [0.5, 0.6) is 5.75 Å². The van der Waals surface area contributed by atoms with Crippen molar-refractivity contribution >= 4 is 27.8 Å². The molecule has 0 saturated carbocycles. The Bertz CT molecular complexity index is 955. The lowest BCUT2D eigenvalue weighted by Gasteiger charge is -2.22. The molecule has 2 aromatic rings. The van der Waals surface area contributed by atoms with Crippen LogP contribution in [0.25, 0.3) is 0 Å². The molecule has 1 N–H and O–H groups in total. The summed E-state index contributed by atoms with van der Waals surface area (Å²) < 4.78 is 30.4. The minimum Gasteiger partial charge on any atom is -0.497 e. The van der Waals surface area contributed by atoms with Crippen molar-refractivity contribution in [2.24, 2.45) is 5.10 Å². The molecule has 7 nitrogen and oxygen atoms in total. The van der Waals surface area contributed by atoms with Gasteiger partial charge in [-0.2, -0.15) is 5.10 Å². The maximum Gasteiger partial charge on any atom is 0.260 e. The van der Waals surface area contributed by atoms with Crippen molar-refractivity contribution in [3.63, 3.8) is 0 Å². The van der Waals surface area contributed by atoms with Crippen LogP contribution in [0.2, 0.25) is 0 Å². The molecule has 0 saturated heterocycles. The summed E-state index contributed by atoms with van der Waals surface area (Å²) in [5.41, 5.74) is 5.51. The van der Waals surface area contributed by atoms with Crippen molar-refractivity contribution in [2.45, 2.75) is 13.8 Å². The van der Waals surface area contributed by atoms with Gasteiger partial charge in [0, 0.05) is 0 Å². The quantitative estimate of drug-likeness (QED) is 0.581. The van der Waals surface area contributed by atoms with Crippen molar-refractivity contribution in [2.75, 3.05) is 24.2 Å². The van der Waals surface area contributed by atoms with E-state index in [0.717, 1.165) is 27.3 Å². The van der Waals surface area contributed by atoms with Crippen LogP contribution in [0.15, 0.2) is 47.6 Å². The fraction of sp³-hybridized carbons (Fsp3) is 0.263. The second-order valence-electron chi connectivity index (χ2n) is 6.11. The third-order valence-electron chi connectivity index (χ3n) is 3.96. The van der Waals surface area contributed by atoms with Gasteiger partial charge in [-0.05, 0) is 54.8 Å². The zero-order valence-electron chi connectivity index (χ0n) is 15.8. The summed E-state index contributed by atoms with van der Waals surface area (Å²) in [5.74, 6) is 0.126. The van der Waals surface area contributed by atoms with E-state index < -0.39 is 15.9 Å². The molecule has 2 rings (SSSR count). The third-order valence-corrected chi connectivity index (χ3v) is 5.10. The summed E-state index contributed by atoms with van der Waals surface area (Å²) in [6, 6.07) is 12.4. The average Bonchev–Trinajstić information content (AvgIpc) is 2.61. The van der Waals surface area contributed by atoms with E-state index in [9.17, 15) is 13.2 Å². The van der Waals surface area contributed by atoms with Gasteiger partial charge in [0.1, 0.15) is 12.3 Å². The van der Waals surface area contributed by atoms with E-state index >= 15 is 0 Å². The summed E-state index contributed by atoms with van der Waals surface area (Å²) in [4.78, 5) is 12.2. The maximum atomic E-state index is 12.2. The molecule has 0 heterocycles. The van der Waals surface area contributed by atoms with E-state index in [1.54, 1.807) is 43.5 Å². The van der Waals surface area contributed by atoms with E-state index in [0.29, 0.717) is 11.4 Å². The molecule has 0 unspecified atom stereocenters. The van der Waals surface area contributed by atoms with Crippen LogP contribution in [0, 0.1) is 13.8 Å². The molecule has 27 heavy (non-hydrogen) atoms. The Morgan fingerprint density at radius 2 is 1.93 bits per heavy atom. The van der Waals surface area contributed by atoms with Crippen LogP contribution >= 0.6 is 0 Å². The molecule has 0 aromatic heterocycles. The number of methoxy groups -OCH3 is 1. The Morgan fingerprint density at radius 3 is 2.56 bits per heavy atom. The number of rotatable bonds is 7. The minimum absolute atomic E-state index is 0.364. The predicted octanol–water partition coefficient (Wildman–Crippen LogP) is 2.23. The number of benzene rings is 2. The molecule has 8 heteroatoms. The van der Waals surface area contributed by atoms with E-state index in [1.165, 1.54) is 6.21 Å². The Balaban J connectivity index is 2.10.